The van der Waals surface area contributed by atoms with Crippen molar-refractivity contribution in [3.8, 4) is 5.75 Å². The third-order valence-electron chi connectivity index (χ3n) is 2.63. The third-order valence-corrected chi connectivity index (χ3v) is 3.48. The number of rotatable bonds is 4. The molecule has 0 bridgehead atoms. The molecule has 1 aromatic heterocycles. The number of aromatic nitrogens is 1. The number of hydrogen-bond acceptors (Lipinski definition) is 4. The fraction of sp³-hybridized carbons (Fsp3) is 0.143. The number of benzene rings is 1. The van der Waals surface area contributed by atoms with Gasteiger partial charge in [0, 0.05) is 24.7 Å². The summed E-state index contributed by atoms with van der Waals surface area (Å²) in [6.45, 7) is 0. The highest BCUT2D eigenvalue weighted by Crippen LogP contribution is 2.19. The van der Waals surface area contributed by atoms with Crippen LogP contribution in [0.1, 0.15) is 5.56 Å². The largest absolute Gasteiger partial charge is 0.494 e. The van der Waals surface area contributed by atoms with Gasteiger partial charge in [-0.25, -0.2) is 9.37 Å². The van der Waals surface area contributed by atoms with Crippen molar-refractivity contribution >= 4 is 28.5 Å². The number of nitrogens with zero attached hydrogens (tertiary/aromatic N) is 2. The standard InChI is InChI=1S/C14H13FN2O2S/c1-17(14-16-7-8-20-14)13(18)6-4-10-3-5-12(19-2)11(15)9-10/h3-9H,1-2H3/b6-4+. The molecule has 0 aliphatic carbocycles. The molecule has 0 spiro atoms. The summed E-state index contributed by atoms with van der Waals surface area (Å²) in [5, 5.41) is 2.40. The first-order chi connectivity index (χ1) is 9.61. The Morgan fingerprint density at radius 2 is 2.30 bits per heavy atom. The Balaban J connectivity index is 2.09. The topological polar surface area (TPSA) is 42.4 Å². The fourth-order valence-corrected chi connectivity index (χ4v) is 2.15. The van der Waals surface area contributed by atoms with Gasteiger partial charge < -0.3 is 4.74 Å². The molecule has 20 heavy (non-hydrogen) atoms. The summed E-state index contributed by atoms with van der Waals surface area (Å²) < 4.78 is 18.3. The average Bonchev–Trinajstić information content (AvgIpc) is 2.98. The lowest BCUT2D eigenvalue weighted by atomic mass is 10.2. The van der Waals surface area contributed by atoms with Crippen LogP contribution in [0.4, 0.5) is 9.52 Å². The number of halogens is 1. The Morgan fingerprint density at radius 3 is 2.90 bits per heavy atom. The highest BCUT2D eigenvalue weighted by Gasteiger charge is 2.09. The molecular formula is C14H13FN2O2S. The normalized spacial score (nSPS) is 10.8. The van der Waals surface area contributed by atoms with E-state index in [0.29, 0.717) is 10.7 Å². The molecule has 0 N–H and O–H groups in total. The summed E-state index contributed by atoms with van der Waals surface area (Å²) in [6.07, 6.45) is 4.56. The van der Waals surface area contributed by atoms with E-state index >= 15 is 0 Å². The van der Waals surface area contributed by atoms with Gasteiger partial charge in [-0.2, -0.15) is 0 Å². The minimum Gasteiger partial charge on any atom is -0.494 e. The van der Waals surface area contributed by atoms with E-state index in [-0.39, 0.29) is 11.7 Å². The van der Waals surface area contributed by atoms with Gasteiger partial charge in [-0.1, -0.05) is 6.07 Å². The molecular weight excluding hydrogens is 279 g/mol. The summed E-state index contributed by atoms with van der Waals surface area (Å²) in [5.74, 6) is -0.514. The zero-order chi connectivity index (χ0) is 14.5. The Hall–Kier alpha value is -2.21. The number of hydrogen-bond donors (Lipinski definition) is 0. The van der Waals surface area contributed by atoms with Crippen molar-refractivity contribution < 1.29 is 13.9 Å². The molecule has 2 aromatic rings. The van der Waals surface area contributed by atoms with Crippen LogP contribution in [0.3, 0.4) is 0 Å². The first-order valence-electron chi connectivity index (χ1n) is 5.80. The molecule has 0 atom stereocenters. The second-order valence-corrected chi connectivity index (χ2v) is 4.81. The number of amides is 1. The molecule has 0 saturated heterocycles. The van der Waals surface area contributed by atoms with Gasteiger partial charge in [-0.15, -0.1) is 11.3 Å². The summed E-state index contributed by atoms with van der Waals surface area (Å²) >= 11 is 1.37. The van der Waals surface area contributed by atoms with Crippen LogP contribution in [-0.2, 0) is 4.79 Å². The van der Waals surface area contributed by atoms with Crippen LogP contribution in [0.2, 0.25) is 0 Å². The Morgan fingerprint density at radius 1 is 1.50 bits per heavy atom. The maximum absolute atomic E-state index is 13.5. The highest BCUT2D eigenvalue weighted by atomic mass is 32.1. The van der Waals surface area contributed by atoms with Crippen molar-refractivity contribution in [2.45, 2.75) is 0 Å². The molecule has 0 fully saturated rings. The van der Waals surface area contributed by atoms with Crippen LogP contribution in [0.5, 0.6) is 5.75 Å². The van der Waals surface area contributed by atoms with Gasteiger partial charge in [0.25, 0.3) is 5.91 Å². The van der Waals surface area contributed by atoms with Gasteiger partial charge in [0.15, 0.2) is 16.7 Å². The average molecular weight is 292 g/mol. The fourth-order valence-electron chi connectivity index (χ4n) is 1.54. The summed E-state index contributed by atoms with van der Waals surface area (Å²) in [6, 6.07) is 4.51. The SMILES string of the molecule is COc1ccc(/C=C/C(=O)N(C)c2nccs2)cc1F. The van der Waals surface area contributed by atoms with Gasteiger partial charge in [0.2, 0.25) is 0 Å². The molecule has 0 radical (unpaired) electrons. The van der Waals surface area contributed by atoms with Crippen LogP contribution < -0.4 is 9.64 Å². The first-order valence-corrected chi connectivity index (χ1v) is 6.68. The van der Waals surface area contributed by atoms with E-state index in [1.807, 2.05) is 0 Å². The van der Waals surface area contributed by atoms with E-state index in [1.54, 1.807) is 30.8 Å². The van der Waals surface area contributed by atoms with E-state index in [1.165, 1.54) is 41.6 Å². The molecule has 0 aliphatic heterocycles. The van der Waals surface area contributed by atoms with E-state index in [2.05, 4.69) is 4.98 Å². The minimum absolute atomic E-state index is 0.174. The van der Waals surface area contributed by atoms with Crippen molar-refractivity contribution in [3.63, 3.8) is 0 Å². The Kier molecular flexibility index (Phi) is 4.47. The number of anilines is 1. The van der Waals surface area contributed by atoms with Crippen molar-refractivity contribution in [1.29, 1.82) is 0 Å². The lowest BCUT2D eigenvalue weighted by Gasteiger charge is -2.10. The van der Waals surface area contributed by atoms with Crippen molar-refractivity contribution in [2.75, 3.05) is 19.1 Å². The molecule has 0 saturated carbocycles. The summed E-state index contributed by atoms with van der Waals surface area (Å²) in [7, 11) is 3.04. The number of ether oxygens (including phenoxy) is 1. The number of methoxy groups -OCH3 is 1. The summed E-state index contributed by atoms with van der Waals surface area (Å²) in [5.41, 5.74) is 0.587. The van der Waals surface area contributed by atoms with E-state index in [9.17, 15) is 9.18 Å². The highest BCUT2D eigenvalue weighted by molar-refractivity contribution is 7.13. The predicted octanol–water partition coefficient (Wildman–Crippen LogP) is 2.97. The van der Waals surface area contributed by atoms with Gasteiger partial charge >= 0.3 is 0 Å². The van der Waals surface area contributed by atoms with Crippen molar-refractivity contribution in [2.24, 2.45) is 0 Å². The van der Waals surface area contributed by atoms with E-state index in [4.69, 9.17) is 4.74 Å². The van der Waals surface area contributed by atoms with Gasteiger partial charge in [0.05, 0.1) is 7.11 Å². The number of likely N-dealkylation sites (N-methyl/N-ethyl adjacent to an activating group) is 1. The number of carbonyl (C=O) groups excluding carboxylic acids is 1. The molecule has 1 aromatic carbocycles. The molecule has 4 nitrogen and oxygen atoms in total. The van der Waals surface area contributed by atoms with Crippen molar-refractivity contribution in [3.05, 3.63) is 47.2 Å². The van der Waals surface area contributed by atoms with Crippen LogP contribution in [-0.4, -0.2) is 25.0 Å². The maximum Gasteiger partial charge on any atom is 0.252 e. The smallest absolute Gasteiger partial charge is 0.252 e. The third kappa shape index (κ3) is 3.21. The molecule has 0 aliphatic rings. The zero-order valence-electron chi connectivity index (χ0n) is 11.0. The van der Waals surface area contributed by atoms with Crippen LogP contribution >= 0.6 is 11.3 Å². The second-order valence-electron chi connectivity index (χ2n) is 3.94. The molecule has 0 unspecified atom stereocenters. The predicted molar refractivity (Wildman–Crippen MR) is 77.5 cm³/mol. The number of thiazole rings is 1. The second kappa shape index (κ2) is 6.29. The lowest BCUT2D eigenvalue weighted by molar-refractivity contribution is -0.113. The van der Waals surface area contributed by atoms with Gasteiger partial charge in [-0.05, 0) is 23.8 Å². The van der Waals surface area contributed by atoms with Crippen LogP contribution in [0, 0.1) is 5.82 Å². The zero-order valence-corrected chi connectivity index (χ0v) is 11.9. The molecule has 104 valence electrons. The van der Waals surface area contributed by atoms with E-state index in [0.717, 1.165) is 0 Å². The minimum atomic E-state index is -0.463. The van der Waals surface area contributed by atoms with Crippen molar-refractivity contribution in [1.82, 2.24) is 4.98 Å². The van der Waals surface area contributed by atoms with E-state index < -0.39 is 5.82 Å². The van der Waals surface area contributed by atoms with Crippen LogP contribution in [0.25, 0.3) is 6.08 Å². The summed E-state index contributed by atoms with van der Waals surface area (Å²) in [4.78, 5) is 17.4. The first kappa shape index (κ1) is 14.2. The Bertz CT molecular complexity index is 626. The molecule has 1 amide bonds. The molecule has 2 rings (SSSR count). The monoisotopic (exact) mass is 292 g/mol. The molecule has 6 heteroatoms. The Labute approximate surface area is 120 Å². The molecule has 1 heterocycles. The van der Waals surface area contributed by atoms with Crippen LogP contribution in [0.15, 0.2) is 35.9 Å². The lowest BCUT2D eigenvalue weighted by Crippen LogP contribution is -2.23. The number of carbonyl (C=O) groups is 1. The van der Waals surface area contributed by atoms with Gasteiger partial charge in [0.1, 0.15) is 0 Å². The quantitative estimate of drug-likeness (QED) is 0.814. The maximum atomic E-state index is 13.5. The van der Waals surface area contributed by atoms with Gasteiger partial charge in [-0.3, -0.25) is 9.69 Å².